The first kappa shape index (κ1) is 8.22. The molecule has 2 unspecified atom stereocenters. The molecule has 0 radical (unpaired) electrons. The Labute approximate surface area is 76.1 Å². The molecule has 1 saturated carbocycles. The highest BCUT2D eigenvalue weighted by Crippen LogP contribution is 2.76. The number of rotatable bonds is 0. The Morgan fingerprint density at radius 3 is 1.50 bits per heavy atom. The van der Waals surface area contributed by atoms with Crippen molar-refractivity contribution in [1.29, 1.82) is 0 Å². The lowest BCUT2D eigenvalue weighted by atomic mass is 9.44. The van der Waals surface area contributed by atoms with Crippen LogP contribution in [0.2, 0.25) is 0 Å². The van der Waals surface area contributed by atoms with Gasteiger partial charge in [-0.25, -0.2) is 0 Å². The second-order valence-corrected chi connectivity index (χ2v) is 5.00. The topological polar surface area (TPSA) is 0 Å². The summed E-state index contributed by atoms with van der Waals surface area (Å²) in [7, 11) is 0. The summed E-state index contributed by atoms with van der Waals surface area (Å²) in [5, 5.41) is 0. The van der Waals surface area contributed by atoms with E-state index in [2.05, 4.69) is 41.5 Å². The molecular weight excluding hydrogens is 144 g/mol. The van der Waals surface area contributed by atoms with Crippen LogP contribution in [0.4, 0.5) is 0 Å². The molecule has 3 aliphatic rings. The number of hydrogen-bond donors (Lipinski definition) is 0. The fourth-order valence-electron chi connectivity index (χ4n) is 3.68. The van der Waals surface area contributed by atoms with Crippen LogP contribution >= 0.6 is 0 Å². The third-order valence-corrected chi connectivity index (χ3v) is 5.41. The lowest BCUT2D eigenvalue weighted by Crippen LogP contribution is -2.53. The van der Waals surface area contributed by atoms with Crippen LogP contribution < -0.4 is 0 Å². The van der Waals surface area contributed by atoms with Crippen molar-refractivity contribution in [3.63, 3.8) is 0 Å². The van der Waals surface area contributed by atoms with Gasteiger partial charge in [-0.3, -0.25) is 0 Å². The zero-order chi connectivity index (χ0) is 9.31. The molecule has 0 aromatic heterocycles. The molecule has 0 heterocycles. The first-order chi connectivity index (χ1) is 5.37. The second kappa shape index (κ2) is 1.76. The van der Waals surface area contributed by atoms with Crippen LogP contribution in [0.1, 0.15) is 41.5 Å². The molecule has 0 heteroatoms. The van der Waals surface area contributed by atoms with Crippen LogP contribution in [0.5, 0.6) is 0 Å². The van der Waals surface area contributed by atoms with Gasteiger partial charge in [0.15, 0.2) is 0 Å². The molecule has 2 bridgehead atoms. The van der Waals surface area contributed by atoms with Gasteiger partial charge in [0.05, 0.1) is 12.8 Å². The average Bonchev–Trinajstić information content (AvgIpc) is 2.28. The Hall–Kier alpha value is -0.390. The molecule has 3 aliphatic carbocycles. The lowest BCUT2D eigenvalue weighted by molar-refractivity contribution is 0.0417. The molecule has 1 fully saturated rings. The van der Waals surface area contributed by atoms with Crippen molar-refractivity contribution in [1.82, 2.24) is 0 Å². The monoisotopic (exact) mass is 163 g/mol. The van der Waals surface area contributed by atoms with E-state index in [9.17, 15) is 0 Å². The molecule has 0 aromatic rings. The van der Waals surface area contributed by atoms with Gasteiger partial charge >= 0.3 is 0 Å². The van der Waals surface area contributed by atoms with Crippen molar-refractivity contribution in [2.24, 2.45) is 16.7 Å². The van der Waals surface area contributed by atoms with Crippen molar-refractivity contribution >= 4 is 0 Å². The normalized spacial score (nSPS) is 51.5. The van der Waals surface area contributed by atoms with Gasteiger partial charge in [0.25, 0.3) is 0 Å². The van der Waals surface area contributed by atoms with E-state index in [0.29, 0.717) is 10.8 Å². The maximum absolute atomic E-state index is 2.40. The van der Waals surface area contributed by atoms with E-state index in [1.165, 1.54) is 0 Å². The van der Waals surface area contributed by atoms with Crippen LogP contribution in [-0.2, 0) is 0 Å². The van der Waals surface area contributed by atoms with Crippen molar-refractivity contribution in [3.8, 4) is 0 Å². The van der Waals surface area contributed by atoms with Gasteiger partial charge in [-0.2, -0.15) is 0 Å². The van der Waals surface area contributed by atoms with Gasteiger partial charge in [-0.15, -0.1) is 0 Å². The molecule has 0 spiro atoms. The predicted molar refractivity (Wildman–Crippen MR) is 52.7 cm³/mol. The van der Waals surface area contributed by atoms with E-state index in [1.807, 2.05) is 0 Å². The zero-order valence-corrected chi connectivity index (χ0v) is 9.08. The standard InChI is InChI=1S/C12H19/c1-7-8(2)12(6)9(3)11(7,5)10(12)4/h9H,1-6H3/q+1. The minimum Gasteiger partial charge on any atom is -0.0524 e. The van der Waals surface area contributed by atoms with Crippen LogP contribution in [0.15, 0.2) is 11.1 Å². The zero-order valence-electron chi connectivity index (χ0n) is 9.08. The highest BCUT2D eigenvalue weighted by atomic mass is 14.7. The summed E-state index contributed by atoms with van der Waals surface area (Å²) >= 11 is 0. The maximum Gasteiger partial charge on any atom is 0.137 e. The van der Waals surface area contributed by atoms with Crippen LogP contribution in [-0.4, -0.2) is 0 Å². The summed E-state index contributed by atoms with van der Waals surface area (Å²) in [6.45, 7) is 14.2. The summed E-state index contributed by atoms with van der Waals surface area (Å²) in [4.78, 5) is 0. The molecule has 0 N–H and O–H groups in total. The molecule has 0 nitrogen and oxygen atoms in total. The molecule has 66 valence electrons. The number of allylic oxidation sites excluding steroid dienone is 2. The SMILES string of the molecule is CC1=C(C)C2(C)[C+](C)C1(C)C2C. The number of hydrogen-bond acceptors (Lipinski definition) is 0. The van der Waals surface area contributed by atoms with Gasteiger partial charge < -0.3 is 0 Å². The Bertz CT molecular complexity index is 234. The van der Waals surface area contributed by atoms with Crippen molar-refractivity contribution < 1.29 is 0 Å². The molecule has 0 amide bonds. The van der Waals surface area contributed by atoms with E-state index < -0.39 is 0 Å². The average molecular weight is 163 g/mol. The first-order valence-electron chi connectivity index (χ1n) is 4.90. The quantitative estimate of drug-likeness (QED) is 0.378. The Balaban J connectivity index is 2.56. The smallest absolute Gasteiger partial charge is 0.0524 e. The van der Waals surface area contributed by atoms with Gasteiger partial charge in [-0.1, -0.05) is 6.92 Å². The minimum atomic E-state index is 0.443. The van der Waals surface area contributed by atoms with E-state index in [-0.39, 0.29) is 0 Å². The highest BCUT2D eigenvalue weighted by Gasteiger charge is 2.79. The molecular formula is C12H19+. The lowest BCUT2D eigenvalue weighted by Gasteiger charge is -2.48. The highest BCUT2D eigenvalue weighted by molar-refractivity contribution is 5.54. The van der Waals surface area contributed by atoms with E-state index in [0.717, 1.165) is 5.92 Å². The summed E-state index contributed by atoms with van der Waals surface area (Å²) in [5.74, 6) is 2.52. The molecule has 0 aliphatic heterocycles. The summed E-state index contributed by atoms with van der Waals surface area (Å²) in [6.07, 6.45) is 0. The summed E-state index contributed by atoms with van der Waals surface area (Å²) in [6, 6.07) is 0. The van der Waals surface area contributed by atoms with Crippen molar-refractivity contribution in [3.05, 3.63) is 17.1 Å². The van der Waals surface area contributed by atoms with Crippen LogP contribution in [0, 0.1) is 22.7 Å². The van der Waals surface area contributed by atoms with E-state index in [4.69, 9.17) is 0 Å². The van der Waals surface area contributed by atoms with Crippen LogP contribution in [0.25, 0.3) is 0 Å². The predicted octanol–water partition coefficient (Wildman–Crippen LogP) is 3.59. The summed E-state index contributed by atoms with van der Waals surface area (Å²) < 4.78 is 0. The van der Waals surface area contributed by atoms with Crippen molar-refractivity contribution in [2.75, 3.05) is 0 Å². The molecule has 0 saturated heterocycles. The minimum absolute atomic E-state index is 0.443. The Kier molecular flexibility index (Phi) is 1.20. The van der Waals surface area contributed by atoms with Crippen molar-refractivity contribution in [2.45, 2.75) is 41.5 Å². The third kappa shape index (κ3) is 0.454. The molecule has 2 atom stereocenters. The van der Waals surface area contributed by atoms with E-state index >= 15 is 0 Å². The molecule has 0 aromatic carbocycles. The maximum atomic E-state index is 2.40. The Morgan fingerprint density at radius 1 is 1.08 bits per heavy atom. The van der Waals surface area contributed by atoms with Gasteiger partial charge in [0.2, 0.25) is 0 Å². The second-order valence-electron chi connectivity index (χ2n) is 5.00. The Morgan fingerprint density at radius 2 is 1.42 bits per heavy atom. The van der Waals surface area contributed by atoms with E-state index in [1.54, 1.807) is 17.1 Å². The van der Waals surface area contributed by atoms with Gasteiger partial charge in [-0.05, 0) is 38.8 Å². The summed E-state index contributed by atoms with van der Waals surface area (Å²) in [5.41, 5.74) is 4.16. The van der Waals surface area contributed by atoms with Gasteiger partial charge in [0, 0.05) is 0 Å². The van der Waals surface area contributed by atoms with Gasteiger partial charge in [0.1, 0.15) is 16.7 Å². The molecule has 12 heavy (non-hydrogen) atoms. The fraction of sp³-hybridized carbons (Fsp3) is 0.750. The largest absolute Gasteiger partial charge is 0.137 e. The van der Waals surface area contributed by atoms with Crippen LogP contribution in [0.3, 0.4) is 0 Å². The third-order valence-electron chi connectivity index (χ3n) is 5.41. The first-order valence-corrected chi connectivity index (χ1v) is 4.90. The fourth-order valence-corrected chi connectivity index (χ4v) is 3.68. The molecule has 3 rings (SSSR count).